The number of nitrogens with zero attached hydrogens (tertiary/aromatic N) is 7. The molecule has 1 aliphatic heterocycles. The van der Waals surface area contributed by atoms with Crippen molar-refractivity contribution in [2.45, 2.75) is 45.6 Å². The van der Waals surface area contributed by atoms with E-state index in [9.17, 15) is 26.7 Å². The van der Waals surface area contributed by atoms with Crippen molar-refractivity contribution < 1.29 is 26.7 Å². The summed E-state index contributed by atoms with van der Waals surface area (Å²) in [5.74, 6) is -2.81. The van der Waals surface area contributed by atoms with E-state index < -0.39 is 31.3 Å². The molecule has 1 amide bonds. The van der Waals surface area contributed by atoms with Gasteiger partial charge in [0.2, 0.25) is 11.9 Å². The number of hydrogen-bond acceptors (Lipinski definition) is 7. The van der Waals surface area contributed by atoms with Crippen molar-refractivity contribution in [1.29, 1.82) is 0 Å². The first-order valence-corrected chi connectivity index (χ1v) is 11.7. The van der Waals surface area contributed by atoms with Crippen molar-refractivity contribution in [2.24, 2.45) is 0 Å². The van der Waals surface area contributed by atoms with Crippen molar-refractivity contribution in [1.82, 2.24) is 34.0 Å². The molecule has 0 radical (unpaired) electrons. The summed E-state index contributed by atoms with van der Waals surface area (Å²) in [4.78, 5) is 24.6. The fraction of sp³-hybridized carbons (Fsp3) is 0.435. The summed E-state index contributed by atoms with van der Waals surface area (Å²) in [6, 6.07) is 3.20. The third-order valence-electron chi connectivity index (χ3n) is 6.04. The molecule has 15 heteroatoms. The third kappa shape index (κ3) is 5.45. The Morgan fingerprint density at radius 3 is 2.58 bits per heavy atom. The van der Waals surface area contributed by atoms with Gasteiger partial charge in [0.25, 0.3) is 12.3 Å². The van der Waals surface area contributed by atoms with E-state index in [4.69, 9.17) is 5.73 Å². The van der Waals surface area contributed by atoms with Gasteiger partial charge in [-0.1, -0.05) is 0 Å². The minimum Gasteiger partial charge on any atom is -0.371 e. The third-order valence-corrected chi connectivity index (χ3v) is 6.04. The number of likely N-dealkylation sites (tertiary alicyclic amines) is 1. The molecule has 204 valence electrons. The molecule has 0 saturated carbocycles. The maximum absolute atomic E-state index is 14.7. The Kier molecular flexibility index (Phi) is 7.37. The van der Waals surface area contributed by atoms with Gasteiger partial charge in [0.15, 0.2) is 17.3 Å². The number of nitrogens with one attached hydrogen (secondary N) is 1. The van der Waals surface area contributed by atoms with Crippen LogP contribution in [0.15, 0.2) is 18.3 Å². The molecule has 0 aliphatic carbocycles. The Morgan fingerprint density at radius 2 is 1.97 bits per heavy atom. The zero-order chi connectivity index (χ0) is 27.8. The molecule has 4 aromatic rings. The van der Waals surface area contributed by atoms with Crippen molar-refractivity contribution >= 4 is 34.4 Å². The fourth-order valence-corrected chi connectivity index (χ4v) is 4.33. The number of alkyl halides is 4. The van der Waals surface area contributed by atoms with Crippen LogP contribution in [-0.2, 0) is 11.3 Å². The molecule has 5 heterocycles. The minimum absolute atomic E-state index is 0.0255. The Hall–Kier alpha value is -4.04. The number of hydrogen-bond donors (Lipinski definition) is 2. The maximum atomic E-state index is 14.7. The lowest BCUT2D eigenvalue weighted by Crippen LogP contribution is -2.44. The monoisotopic (exact) mass is 539 g/mol. The highest BCUT2D eigenvalue weighted by atomic mass is 19.3. The van der Waals surface area contributed by atoms with Gasteiger partial charge in [0, 0.05) is 26.9 Å². The van der Waals surface area contributed by atoms with E-state index in [2.05, 4.69) is 25.4 Å². The number of carbonyl (C=O) groups is 1. The standard InChI is InChI=1S/C16H15F3N8.C7H11F2NO/c1-7-22-10-4-3-9(23-15(10)26(7)6-11(18)19)12-8(17)5-27-13(12)14(21-2)24-16(20)25-27;1-6(11)10-4-2-3-7(8,9)5-10/h3-5,11H,6H2,1-2H3,(H3,20,21,24,25);2-5H2,1H3. The predicted octanol–water partition coefficient (Wildman–Crippen LogP) is 3.74. The van der Waals surface area contributed by atoms with Gasteiger partial charge in [-0.2, -0.15) is 4.98 Å². The van der Waals surface area contributed by atoms with E-state index in [-0.39, 0.29) is 35.2 Å². The lowest BCUT2D eigenvalue weighted by atomic mass is 10.1. The van der Waals surface area contributed by atoms with Gasteiger partial charge >= 0.3 is 0 Å². The zero-order valence-electron chi connectivity index (χ0n) is 20.9. The first-order chi connectivity index (χ1) is 17.9. The first kappa shape index (κ1) is 27.0. The van der Waals surface area contributed by atoms with Crippen LogP contribution < -0.4 is 11.1 Å². The number of amides is 1. The summed E-state index contributed by atoms with van der Waals surface area (Å²) >= 11 is 0. The minimum atomic E-state index is -2.66. The number of piperidine rings is 1. The SMILES string of the molecule is CC(=O)N1CCCC(F)(F)C1.CNc1nc(N)nn2cc(F)c(-c3ccc4nc(C)n(CC(F)F)c4n3)c12. The lowest BCUT2D eigenvalue weighted by Gasteiger charge is -2.31. The molecule has 38 heavy (non-hydrogen) atoms. The highest BCUT2D eigenvalue weighted by molar-refractivity contribution is 5.89. The number of rotatable bonds is 4. The fourth-order valence-electron chi connectivity index (χ4n) is 4.33. The summed E-state index contributed by atoms with van der Waals surface area (Å²) < 4.78 is 68.4. The number of imidazole rings is 1. The molecule has 0 aromatic carbocycles. The van der Waals surface area contributed by atoms with Gasteiger partial charge in [-0.25, -0.2) is 36.4 Å². The van der Waals surface area contributed by atoms with Crippen molar-refractivity contribution in [3.05, 3.63) is 30.0 Å². The van der Waals surface area contributed by atoms with Crippen molar-refractivity contribution in [2.75, 3.05) is 31.2 Å². The van der Waals surface area contributed by atoms with Crippen LogP contribution in [0, 0.1) is 12.7 Å². The second-order valence-corrected chi connectivity index (χ2v) is 8.81. The molecule has 4 aromatic heterocycles. The van der Waals surface area contributed by atoms with Crippen molar-refractivity contribution in [3.8, 4) is 11.3 Å². The van der Waals surface area contributed by atoms with E-state index >= 15 is 0 Å². The van der Waals surface area contributed by atoms with Gasteiger partial charge in [-0.15, -0.1) is 5.10 Å². The molecule has 0 bridgehead atoms. The van der Waals surface area contributed by atoms with Crippen LogP contribution in [0.3, 0.4) is 0 Å². The quantitative estimate of drug-likeness (QED) is 0.379. The Bertz CT molecular complexity index is 1480. The summed E-state index contributed by atoms with van der Waals surface area (Å²) in [5, 5.41) is 6.82. The van der Waals surface area contributed by atoms with Crippen LogP contribution in [-0.4, -0.2) is 72.4 Å². The van der Waals surface area contributed by atoms with Crippen LogP contribution in [0.5, 0.6) is 0 Å². The Balaban J connectivity index is 0.000000257. The largest absolute Gasteiger partial charge is 0.371 e. The lowest BCUT2D eigenvalue weighted by molar-refractivity contribution is -0.139. The number of fused-ring (bicyclic) bond motifs is 2. The summed E-state index contributed by atoms with van der Waals surface area (Å²) in [6.45, 7) is 2.47. The number of aryl methyl sites for hydroxylation is 1. The molecule has 10 nitrogen and oxygen atoms in total. The number of nitrogens with two attached hydrogens (primary N) is 1. The normalized spacial score (nSPS) is 15.1. The molecule has 1 aliphatic rings. The zero-order valence-corrected chi connectivity index (χ0v) is 20.9. The molecule has 0 atom stereocenters. The second-order valence-electron chi connectivity index (χ2n) is 8.81. The summed E-state index contributed by atoms with van der Waals surface area (Å²) in [7, 11) is 1.62. The highest BCUT2D eigenvalue weighted by Gasteiger charge is 2.35. The smallest absolute Gasteiger partial charge is 0.265 e. The molecular weight excluding hydrogens is 513 g/mol. The van der Waals surface area contributed by atoms with E-state index in [1.54, 1.807) is 26.1 Å². The first-order valence-electron chi connectivity index (χ1n) is 11.7. The number of halogens is 5. The number of pyridine rings is 1. The number of anilines is 2. The van der Waals surface area contributed by atoms with E-state index in [1.165, 1.54) is 20.9 Å². The molecule has 1 saturated heterocycles. The maximum Gasteiger partial charge on any atom is 0.265 e. The molecule has 0 spiro atoms. The topological polar surface area (TPSA) is 119 Å². The second kappa shape index (κ2) is 10.4. The van der Waals surface area contributed by atoms with Crippen LogP contribution >= 0.6 is 0 Å². The molecular formula is C23H26F5N9O. The van der Waals surface area contributed by atoms with E-state index in [0.717, 1.165) is 6.20 Å². The molecule has 1 fully saturated rings. The average Bonchev–Trinajstić information content (AvgIpc) is 3.32. The molecule has 3 N–H and O–H groups in total. The predicted molar refractivity (Wildman–Crippen MR) is 131 cm³/mol. The number of aromatic nitrogens is 6. The van der Waals surface area contributed by atoms with Crippen LogP contribution in [0.2, 0.25) is 0 Å². The van der Waals surface area contributed by atoms with Gasteiger partial charge in [-0.3, -0.25) is 4.79 Å². The summed E-state index contributed by atoms with van der Waals surface area (Å²) in [5.41, 5.74) is 7.08. The Morgan fingerprint density at radius 1 is 1.24 bits per heavy atom. The molecule has 5 rings (SSSR count). The van der Waals surface area contributed by atoms with Crippen LogP contribution in [0.1, 0.15) is 25.6 Å². The summed E-state index contributed by atoms with van der Waals surface area (Å²) in [6.07, 6.45) is -1.08. The van der Waals surface area contributed by atoms with Gasteiger partial charge in [0.05, 0.1) is 30.5 Å². The van der Waals surface area contributed by atoms with Crippen molar-refractivity contribution in [3.63, 3.8) is 0 Å². The van der Waals surface area contributed by atoms with Crippen LogP contribution in [0.25, 0.3) is 27.9 Å². The Labute approximate surface area is 213 Å². The average molecular weight is 540 g/mol. The number of nitrogen functional groups attached to an aromatic ring is 1. The van der Waals surface area contributed by atoms with Gasteiger partial charge < -0.3 is 20.5 Å². The number of carbonyl (C=O) groups excluding carboxylic acids is 1. The van der Waals surface area contributed by atoms with Gasteiger partial charge in [-0.05, 0) is 25.5 Å². The molecule has 0 unspecified atom stereocenters. The van der Waals surface area contributed by atoms with E-state index in [1.807, 2.05) is 0 Å². The van der Waals surface area contributed by atoms with Gasteiger partial charge in [0.1, 0.15) is 16.9 Å². The van der Waals surface area contributed by atoms with E-state index in [0.29, 0.717) is 35.6 Å². The highest BCUT2D eigenvalue weighted by Crippen LogP contribution is 2.33. The van der Waals surface area contributed by atoms with Crippen LogP contribution in [0.4, 0.5) is 33.7 Å².